The number of hydrogen-bond acceptors (Lipinski definition) is 3. The molecular weight excluding hydrogens is 232 g/mol. The van der Waals surface area contributed by atoms with Crippen LogP contribution in [-0.2, 0) is 4.79 Å². The van der Waals surface area contributed by atoms with Crippen LogP contribution in [-0.4, -0.2) is 37.9 Å². The number of benzene rings is 1. The third kappa shape index (κ3) is 2.88. The van der Waals surface area contributed by atoms with Crippen molar-refractivity contribution in [1.29, 1.82) is 0 Å². The summed E-state index contributed by atoms with van der Waals surface area (Å²) in [7, 11) is 3.13. The molecule has 0 aliphatic rings. The number of nitrogens with zero attached hydrogens (tertiary/aromatic N) is 1. The summed E-state index contributed by atoms with van der Waals surface area (Å²) in [4.78, 5) is 24.3. The Labute approximate surface area is 106 Å². The molecule has 0 aliphatic carbocycles. The first-order valence-corrected chi connectivity index (χ1v) is 5.39. The van der Waals surface area contributed by atoms with E-state index in [4.69, 9.17) is 4.74 Å². The molecule has 0 heterocycles. The van der Waals surface area contributed by atoms with Gasteiger partial charge in [0.05, 0.1) is 12.8 Å². The summed E-state index contributed by atoms with van der Waals surface area (Å²) in [5.41, 5.74) is 0.752. The van der Waals surface area contributed by atoms with E-state index in [2.05, 4.69) is 11.9 Å². The van der Waals surface area contributed by atoms with Gasteiger partial charge in [-0.25, -0.2) is 0 Å². The van der Waals surface area contributed by atoms with Gasteiger partial charge in [0.15, 0.2) is 0 Å². The molecule has 18 heavy (non-hydrogen) atoms. The highest BCUT2D eigenvalue weighted by Gasteiger charge is 2.19. The Kier molecular flexibility index (Phi) is 4.92. The van der Waals surface area contributed by atoms with E-state index in [0.29, 0.717) is 30.0 Å². The van der Waals surface area contributed by atoms with Crippen molar-refractivity contribution in [2.24, 2.45) is 0 Å². The van der Waals surface area contributed by atoms with Gasteiger partial charge in [-0.3, -0.25) is 9.59 Å². The van der Waals surface area contributed by atoms with Gasteiger partial charge in [-0.1, -0.05) is 12.1 Å². The standard InChI is InChI=1S/C13H16N2O3/c1-4-8-15(2)13(17)12-10(14-9-16)6-5-7-11(12)18-3/h4-7,9H,1,8H2,2-3H3,(H,14,16). The van der Waals surface area contributed by atoms with Crippen LogP contribution in [0.25, 0.3) is 0 Å². The lowest BCUT2D eigenvalue weighted by Gasteiger charge is -2.19. The molecule has 1 aromatic carbocycles. The topological polar surface area (TPSA) is 58.6 Å². The fourth-order valence-electron chi connectivity index (χ4n) is 1.57. The van der Waals surface area contributed by atoms with Crippen molar-refractivity contribution in [2.45, 2.75) is 0 Å². The summed E-state index contributed by atoms with van der Waals surface area (Å²) in [6.45, 7) is 4.00. The van der Waals surface area contributed by atoms with Crippen LogP contribution in [0.5, 0.6) is 5.75 Å². The maximum atomic E-state index is 12.3. The van der Waals surface area contributed by atoms with Gasteiger partial charge in [0, 0.05) is 13.6 Å². The van der Waals surface area contributed by atoms with E-state index in [1.807, 2.05) is 0 Å². The molecule has 0 fully saturated rings. The Morgan fingerprint density at radius 3 is 2.83 bits per heavy atom. The highest BCUT2D eigenvalue weighted by Crippen LogP contribution is 2.27. The first-order valence-electron chi connectivity index (χ1n) is 5.39. The molecule has 0 saturated carbocycles. The molecule has 0 saturated heterocycles. The second-order valence-corrected chi connectivity index (χ2v) is 3.62. The van der Waals surface area contributed by atoms with Gasteiger partial charge >= 0.3 is 0 Å². The normalized spacial score (nSPS) is 9.44. The zero-order valence-corrected chi connectivity index (χ0v) is 10.5. The predicted octanol–water partition coefficient (Wildman–Crippen LogP) is 1.52. The number of anilines is 1. The molecule has 5 nitrogen and oxygen atoms in total. The first-order chi connectivity index (χ1) is 8.65. The van der Waals surface area contributed by atoms with Crippen LogP contribution < -0.4 is 10.1 Å². The quantitative estimate of drug-likeness (QED) is 0.613. The van der Waals surface area contributed by atoms with Crippen LogP contribution in [0.15, 0.2) is 30.9 Å². The molecule has 0 aliphatic heterocycles. The lowest BCUT2D eigenvalue weighted by Crippen LogP contribution is -2.28. The molecule has 1 N–H and O–H groups in total. The van der Waals surface area contributed by atoms with Gasteiger partial charge in [-0.15, -0.1) is 6.58 Å². The minimum Gasteiger partial charge on any atom is -0.496 e. The number of likely N-dealkylation sites (N-methyl/N-ethyl adjacent to an activating group) is 1. The molecule has 0 aromatic heterocycles. The molecular formula is C13H16N2O3. The molecule has 0 radical (unpaired) electrons. The minimum atomic E-state index is -0.239. The number of carbonyl (C=O) groups excluding carboxylic acids is 2. The van der Waals surface area contributed by atoms with E-state index < -0.39 is 0 Å². The summed E-state index contributed by atoms with van der Waals surface area (Å²) < 4.78 is 5.15. The molecule has 96 valence electrons. The average molecular weight is 248 g/mol. The van der Waals surface area contributed by atoms with Gasteiger partial charge in [0.25, 0.3) is 5.91 Å². The number of hydrogen-bond donors (Lipinski definition) is 1. The highest BCUT2D eigenvalue weighted by molar-refractivity contribution is 6.03. The maximum Gasteiger partial charge on any atom is 0.259 e. The van der Waals surface area contributed by atoms with E-state index >= 15 is 0 Å². The first kappa shape index (κ1) is 13.8. The smallest absolute Gasteiger partial charge is 0.259 e. The fraction of sp³-hybridized carbons (Fsp3) is 0.231. The zero-order valence-electron chi connectivity index (χ0n) is 10.5. The molecule has 0 bridgehead atoms. The SMILES string of the molecule is C=CCN(C)C(=O)c1c(NC=O)cccc1OC. The number of ether oxygens (including phenoxy) is 1. The van der Waals surface area contributed by atoms with Crippen LogP contribution in [0.2, 0.25) is 0 Å². The Balaban J connectivity index is 3.21. The van der Waals surface area contributed by atoms with Gasteiger partial charge in [0.1, 0.15) is 11.3 Å². The van der Waals surface area contributed by atoms with Gasteiger partial charge in [0.2, 0.25) is 6.41 Å². The number of methoxy groups -OCH3 is 1. The molecule has 0 atom stereocenters. The van der Waals surface area contributed by atoms with Crippen LogP contribution in [0.3, 0.4) is 0 Å². The summed E-state index contributed by atoms with van der Waals surface area (Å²) >= 11 is 0. The van der Waals surface area contributed by atoms with Gasteiger partial charge in [-0.05, 0) is 12.1 Å². The lowest BCUT2D eigenvalue weighted by molar-refractivity contribution is -0.105. The average Bonchev–Trinajstić information content (AvgIpc) is 2.38. The van der Waals surface area contributed by atoms with Crippen molar-refractivity contribution >= 4 is 18.0 Å². The number of carbonyl (C=O) groups is 2. The van der Waals surface area contributed by atoms with E-state index in [-0.39, 0.29) is 5.91 Å². The molecule has 1 aromatic rings. The van der Waals surface area contributed by atoms with E-state index in [1.54, 1.807) is 31.3 Å². The van der Waals surface area contributed by atoms with Gasteiger partial charge in [-0.2, -0.15) is 0 Å². The van der Waals surface area contributed by atoms with Crippen molar-refractivity contribution in [1.82, 2.24) is 4.90 Å². The van der Waals surface area contributed by atoms with Crippen molar-refractivity contribution in [3.8, 4) is 5.75 Å². The van der Waals surface area contributed by atoms with Gasteiger partial charge < -0.3 is 15.0 Å². The Morgan fingerprint density at radius 2 is 2.28 bits per heavy atom. The van der Waals surface area contributed by atoms with Crippen molar-refractivity contribution < 1.29 is 14.3 Å². The minimum absolute atomic E-state index is 0.239. The van der Waals surface area contributed by atoms with Crippen LogP contribution in [0, 0.1) is 0 Å². The lowest BCUT2D eigenvalue weighted by atomic mass is 10.1. The summed E-state index contributed by atoms with van der Waals surface area (Å²) in [5, 5.41) is 2.49. The molecule has 0 spiro atoms. The number of nitrogens with one attached hydrogen (secondary N) is 1. The van der Waals surface area contributed by atoms with Crippen LogP contribution >= 0.6 is 0 Å². The van der Waals surface area contributed by atoms with E-state index in [0.717, 1.165) is 0 Å². The van der Waals surface area contributed by atoms with Crippen molar-refractivity contribution in [3.63, 3.8) is 0 Å². The van der Waals surface area contributed by atoms with E-state index in [1.165, 1.54) is 12.0 Å². The van der Waals surface area contributed by atoms with Crippen molar-refractivity contribution in [2.75, 3.05) is 26.0 Å². The highest BCUT2D eigenvalue weighted by atomic mass is 16.5. The second-order valence-electron chi connectivity index (χ2n) is 3.62. The van der Waals surface area contributed by atoms with Crippen LogP contribution in [0.1, 0.15) is 10.4 Å². The van der Waals surface area contributed by atoms with E-state index in [9.17, 15) is 9.59 Å². The summed E-state index contributed by atoms with van der Waals surface area (Å²) in [6.07, 6.45) is 2.15. The molecule has 5 heteroatoms. The Morgan fingerprint density at radius 1 is 1.56 bits per heavy atom. The summed E-state index contributed by atoms with van der Waals surface area (Å²) in [5.74, 6) is 0.180. The monoisotopic (exact) mass is 248 g/mol. The summed E-state index contributed by atoms with van der Waals surface area (Å²) in [6, 6.07) is 5.02. The molecule has 2 amide bonds. The third-order valence-corrected chi connectivity index (χ3v) is 2.42. The Hall–Kier alpha value is -2.30. The number of rotatable bonds is 6. The maximum absolute atomic E-state index is 12.3. The number of amides is 2. The largest absolute Gasteiger partial charge is 0.496 e. The fourth-order valence-corrected chi connectivity index (χ4v) is 1.57. The molecule has 0 unspecified atom stereocenters. The predicted molar refractivity (Wildman–Crippen MR) is 69.8 cm³/mol. The van der Waals surface area contributed by atoms with Crippen LogP contribution in [0.4, 0.5) is 5.69 Å². The second kappa shape index (κ2) is 6.44. The molecule has 1 rings (SSSR count). The van der Waals surface area contributed by atoms with Crippen molar-refractivity contribution in [3.05, 3.63) is 36.4 Å². The zero-order chi connectivity index (χ0) is 13.5. The third-order valence-electron chi connectivity index (χ3n) is 2.42. The Bertz CT molecular complexity index is 458.